The van der Waals surface area contributed by atoms with E-state index in [0.717, 1.165) is 37.5 Å². The van der Waals surface area contributed by atoms with E-state index in [1.165, 1.54) is 29.4 Å². The van der Waals surface area contributed by atoms with Gasteiger partial charge in [0.15, 0.2) is 0 Å². The summed E-state index contributed by atoms with van der Waals surface area (Å²) in [5.74, 6) is -1.97. The maximum atomic E-state index is 13.9. The van der Waals surface area contributed by atoms with Gasteiger partial charge in [-0.3, -0.25) is 4.79 Å². The molecule has 1 fully saturated rings. The van der Waals surface area contributed by atoms with Crippen molar-refractivity contribution in [3.8, 4) is 0 Å². The highest BCUT2D eigenvalue weighted by Crippen LogP contribution is 2.26. The van der Waals surface area contributed by atoms with Crippen molar-refractivity contribution < 1.29 is 22.0 Å². The van der Waals surface area contributed by atoms with Crippen LogP contribution in [0.2, 0.25) is 5.02 Å². The van der Waals surface area contributed by atoms with Crippen molar-refractivity contribution >= 4 is 27.5 Å². The summed E-state index contributed by atoms with van der Waals surface area (Å²) < 4.78 is 54.5. The van der Waals surface area contributed by atoms with Crippen LogP contribution in [-0.2, 0) is 10.0 Å². The summed E-state index contributed by atoms with van der Waals surface area (Å²) in [6.07, 6.45) is 2.56. The van der Waals surface area contributed by atoms with Crippen LogP contribution < -0.4 is 5.32 Å². The van der Waals surface area contributed by atoms with Crippen LogP contribution in [0.15, 0.2) is 41.3 Å². The minimum Gasteiger partial charge on any atom is -0.345 e. The van der Waals surface area contributed by atoms with E-state index in [1.807, 2.05) is 0 Å². The van der Waals surface area contributed by atoms with E-state index in [9.17, 15) is 22.0 Å². The Kier molecular flexibility index (Phi) is 6.55. The highest BCUT2D eigenvalue weighted by atomic mass is 35.5. The molecule has 1 amide bonds. The lowest BCUT2D eigenvalue weighted by Gasteiger charge is -2.26. The third-order valence-corrected chi connectivity index (χ3v) is 7.13. The first-order chi connectivity index (χ1) is 13.7. The zero-order chi connectivity index (χ0) is 21.2. The molecular formula is C20H21ClF2N2O3S. The third-order valence-electron chi connectivity index (χ3n) is 4.91. The Bertz CT molecular complexity index is 1020. The second-order valence-electron chi connectivity index (χ2n) is 6.97. The number of halogens is 3. The molecule has 1 atom stereocenters. The fourth-order valence-corrected chi connectivity index (χ4v) is 5.04. The Labute approximate surface area is 173 Å². The standard InChI is InChI=1S/C20H21ClF2N2O3S/c1-13(16-11-14(22)5-8-19(16)23)24-20(26)17-12-15(6-7-18(17)21)29(27,28)25-9-3-2-4-10-25/h5-8,11-13H,2-4,9-10H2,1H3,(H,24,26). The Morgan fingerprint density at radius 3 is 2.48 bits per heavy atom. The van der Waals surface area contributed by atoms with E-state index >= 15 is 0 Å². The van der Waals surface area contributed by atoms with Crippen molar-refractivity contribution in [1.82, 2.24) is 9.62 Å². The van der Waals surface area contributed by atoms with Gasteiger partial charge >= 0.3 is 0 Å². The largest absolute Gasteiger partial charge is 0.345 e. The maximum Gasteiger partial charge on any atom is 0.253 e. The van der Waals surface area contributed by atoms with Crippen LogP contribution in [0.4, 0.5) is 8.78 Å². The maximum absolute atomic E-state index is 13.9. The molecule has 29 heavy (non-hydrogen) atoms. The zero-order valence-corrected chi connectivity index (χ0v) is 17.4. The molecular weight excluding hydrogens is 422 g/mol. The van der Waals surface area contributed by atoms with Gasteiger partial charge in [0.05, 0.1) is 21.5 Å². The molecule has 0 spiro atoms. The van der Waals surface area contributed by atoms with E-state index < -0.39 is 33.6 Å². The highest BCUT2D eigenvalue weighted by molar-refractivity contribution is 7.89. The summed E-state index contributed by atoms with van der Waals surface area (Å²) in [5.41, 5.74) is -0.0695. The van der Waals surface area contributed by atoms with Crippen LogP contribution in [0.25, 0.3) is 0 Å². The van der Waals surface area contributed by atoms with Gasteiger partial charge in [0.1, 0.15) is 11.6 Å². The molecule has 156 valence electrons. The molecule has 1 saturated heterocycles. The van der Waals surface area contributed by atoms with Gasteiger partial charge < -0.3 is 5.32 Å². The summed E-state index contributed by atoms with van der Waals surface area (Å²) in [7, 11) is -3.74. The Balaban J connectivity index is 1.85. The van der Waals surface area contributed by atoms with Crippen LogP contribution >= 0.6 is 11.6 Å². The lowest BCUT2D eigenvalue weighted by atomic mass is 10.1. The number of sulfonamides is 1. The lowest BCUT2D eigenvalue weighted by molar-refractivity contribution is 0.0939. The molecule has 2 aromatic carbocycles. The molecule has 1 heterocycles. The number of rotatable bonds is 5. The van der Waals surface area contributed by atoms with Gasteiger partial charge in [-0.15, -0.1) is 0 Å². The van der Waals surface area contributed by atoms with Crippen LogP contribution in [0, 0.1) is 11.6 Å². The first-order valence-corrected chi connectivity index (χ1v) is 11.1. The number of carbonyl (C=O) groups excluding carboxylic acids is 1. The molecule has 2 aromatic rings. The summed E-state index contributed by atoms with van der Waals surface area (Å²) in [6.45, 7) is 2.36. The second-order valence-corrected chi connectivity index (χ2v) is 9.31. The van der Waals surface area contributed by atoms with Gasteiger partial charge in [-0.05, 0) is 56.2 Å². The summed E-state index contributed by atoms with van der Waals surface area (Å²) >= 11 is 6.11. The van der Waals surface area contributed by atoms with E-state index in [1.54, 1.807) is 0 Å². The average molecular weight is 443 g/mol. The third kappa shape index (κ3) is 4.76. The topological polar surface area (TPSA) is 66.5 Å². The normalized spacial score (nSPS) is 16.4. The molecule has 0 aliphatic carbocycles. The number of carbonyl (C=O) groups is 1. The van der Waals surface area contributed by atoms with E-state index in [4.69, 9.17) is 11.6 Å². The fourth-order valence-electron chi connectivity index (χ4n) is 3.29. The first-order valence-electron chi connectivity index (χ1n) is 9.25. The highest BCUT2D eigenvalue weighted by Gasteiger charge is 2.27. The fraction of sp³-hybridized carbons (Fsp3) is 0.350. The number of nitrogens with zero attached hydrogens (tertiary/aromatic N) is 1. The number of hydrogen-bond acceptors (Lipinski definition) is 3. The molecule has 0 radical (unpaired) electrons. The van der Waals surface area contributed by atoms with Gasteiger partial charge in [-0.1, -0.05) is 18.0 Å². The Hall–Kier alpha value is -2.03. The van der Waals surface area contributed by atoms with Crippen LogP contribution in [0.1, 0.15) is 48.1 Å². The van der Waals surface area contributed by atoms with Gasteiger partial charge in [0.25, 0.3) is 5.91 Å². The van der Waals surface area contributed by atoms with Crippen molar-refractivity contribution in [2.24, 2.45) is 0 Å². The number of amides is 1. The van der Waals surface area contributed by atoms with Crippen LogP contribution in [-0.4, -0.2) is 31.7 Å². The van der Waals surface area contributed by atoms with Gasteiger partial charge in [0, 0.05) is 18.7 Å². The average Bonchev–Trinajstić information content (AvgIpc) is 2.70. The number of hydrogen-bond donors (Lipinski definition) is 1. The van der Waals surface area contributed by atoms with Crippen molar-refractivity contribution in [2.45, 2.75) is 37.1 Å². The predicted octanol–water partition coefficient (Wildman–Crippen LogP) is 4.28. The summed E-state index contributed by atoms with van der Waals surface area (Å²) in [4.78, 5) is 12.7. The van der Waals surface area contributed by atoms with Crippen molar-refractivity contribution in [2.75, 3.05) is 13.1 Å². The van der Waals surface area contributed by atoms with E-state index in [2.05, 4.69) is 5.32 Å². The van der Waals surface area contributed by atoms with Gasteiger partial charge in [-0.25, -0.2) is 17.2 Å². The van der Waals surface area contributed by atoms with E-state index in [0.29, 0.717) is 13.1 Å². The smallest absolute Gasteiger partial charge is 0.253 e. The number of nitrogens with one attached hydrogen (secondary N) is 1. The molecule has 1 unspecified atom stereocenters. The molecule has 3 rings (SSSR count). The molecule has 0 bridgehead atoms. The molecule has 0 aromatic heterocycles. The van der Waals surface area contributed by atoms with Crippen LogP contribution in [0.5, 0.6) is 0 Å². The first kappa shape index (κ1) is 21.7. The molecule has 9 heteroatoms. The SMILES string of the molecule is CC(NC(=O)c1cc(S(=O)(=O)N2CCCCC2)ccc1Cl)c1cc(F)ccc1F. The van der Waals surface area contributed by atoms with Gasteiger partial charge in [-0.2, -0.15) is 4.31 Å². The zero-order valence-electron chi connectivity index (χ0n) is 15.8. The molecule has 5 nitrogen and oxygen atoms in total. The second kappa shape index (κ2) is 8.77. The summed E-state index contributed by atoms with van der Waals surface area (Å²) in [5, 5.41) is 2.60. The van der Waals surface area contributed by atoms with Gasteiger partial charge in [0.2, 0.25) is 10.0 Å². The minimum atomic E-state index is -3.74. The van der Waals surface area contributed by atoms with Crippen LogP contribution in [0.3, 0.4) is 0 Å². The van der Waals surface area contributed by atoms with E-state index in [-0.39, 0.29) is 21.0 Å². The molecule has 1 aliphatic rings. The number of piperidine rings is 1. The minimum absolute atomic E-state index is 0.0217. The Morgan fingerprint density at radius 2 is 1.79 bits per heavy atom. The molecule has 1 aliphatic heterocycles. The molecule has 1 N–H and O–H groups in total. The van der Waals surface area contributed by atoms with Crippen molar-refractivity contribution in [3.05, 3.63) is 64.2 Å². The Morgan fingerprint density at radius 1 is 1.10 bits per heavy atom. The monoisotopic (exact) mass is 442 g/mol. The molecule has 0 saturated carbocycles. The quantitative estimate of drug-likeness (QED) is 0.751. The number of benzene rings is 2. The summed E-state index contributed by atoms with van der Waals surface area (Å²) in [6, 6.07) is 6.04. The van der Waals surface area contributed by atoms with Crippen molar-refractivity contribution in [1.29, 1.82) is 0 Å². The lowest BCUT2D eigenvalue weighted by Crippen LogP contribution is -2.35. The predicted molar refractivity (Wildman–Crippen MR) is 106 cm³/mol. The van der Waals surface area contributed by atoms with Crippen molar-refractivity contribution in [3.63, 3.8) is 0 Å².